The number of piperidine rings is 1. The van der Waals surface area contributed by atoms with E-state index in [1.165, 1.54) is 58.0 Å². The average Bonchev–Trinajstić information content (AvgIpc) is 3.32. The van der Waals surface area contributed by atoms with E-state index >= 15 is 0 Å². The van der Waals surface area contributed by atoms with Crippen molar-refractivity contribution in [1.29, 1.82) is 0 Å². The minimum absolute atomic E-state index is 0. The minimum Gasteiger partial charge on any atom is -0.357 e. The molecule has 0 aromatic carbocycles. The topological polar surface area (TPSA) is 39.7 Å². The van der Waals surface area contributed by atoms with Crippen molar-refractivity contribution >= 4 is 29.9 Å². The van der Waals surface area contributed by atoms with Crippen molar-refractivity contribution < 1.29 is 0 Å². The van der Waals surface area contributed by atoms with Crippen LogP contribution < -0.4 is 10.6 Å². The van der Waals surface area contributed by atoms with Gasteiger partial charge in [-0.15, -0.1) is 24.0 Å². The zero-order valence-corrected chi connectivity index (χ0v) is 18.1. The van der Waals surface area contributed by atoms with Gasteiger partial charge in [-0.1, -0.05) is 6.42 Å². The van der Waals surface area contributed by atoms with Crippen LogP contribution in [0.2, 0.25) is 0 Å². The Hall–Kier alpha value is -0.0400. The van der Waals surface area contributed by atoms with E-state index in [1.807, 2.05) is 0 Å². The zero-order chi connectivity index (χ0) is 16.3. The molecule has 3 aliphatic rings. The Labute approximate surface area is 165 Å². The summed E-state index contributed by atoms with van der Waals surface area (Å²) in [6.45, 7) is 11.2. The molecule has 0 unspecified atom stereocenters. The summed E-state index contributed by atoms with van der Waals surface area (Å²) in [5.41, 5.74) is 0.573. The van der Waals surface area contributed by atoms with Crippen molar-refractivity contribution in [2.45, 2.75) is 77.8 Å². The molecule has 0 spiro atoms. The van der Waals surface area contributed by atoms with Crippen molar-refractivity contribution in [1.82, 2.24) is 15.5 Å². The summed E-state index contributed by atoms with van der Waals surface area (Å²) in [6, 6.07) is 1.26. The van der Waals surface area contributed by atoms with Gasteiger partial charge in [0.1, 0.15) is 0 Å². The van der Waals surface area contributed by atoms with E-state index in [9.17, 15) is 0 Å². The molecule has 0 aromatic heterocycles. The van der Waals surface area contributed by atoms with Gasteiger partial charge in [-0.3, -0.25) is 4.99 Å². The molecule has 0 atom stereocenters. The molecule has 3 rings (SSSR count). The van der Waals surface area contributed by atoms with E-state index in [4.69, 9.17) is 4.99 Å². The van der Waals surface area contributed by atoms with Crippen molar-refractivity contribution in [3.63, 3.8) is 0 Å². The SMILES string of the molecule is CCNC(=NCC1(C2CC2)CCC1)NC1CCN(C(C)C)CC1.I. The quantitative estimate of drug-likeness (QED) is 0.371. The third-order valence-corrected chi connectivity index (χ3v) is 6.29. The largest absolute Gasteiger partial charge is 0.357 e. The van der Waals surface area contributed by atoms with E-state index in [0.717, 1.165) is 25.0 Å². The van der Waals surface area contributed by atoms with Gasteiger partial charge in [-0.25, -0.2) is 0 Å². The van der Waals surface area contributed by atoms with Crippen LogP contribution in [0.3, 0.4) is 0 Å². The van der Waals surface area contributed by atoms with Crippen molar-refractivity contribution in [2.24, 2.45) is 16.3 Å². The second kappa shape index (κ2) is 9.06. The molecule has 24 heavy (non-hydrogen) atoms. The maximum Gasteiger partial charge on any atom is 0.191 e. The van der Waals surface area contributed by atoms with Crippen LogP contribution in [-0.4, -0.2) is 49.1 Å². The molecule has 1 saturated heterocycles. The van der Waals surface area contributed by atoms with Crippen LogP contribution in [-0.2, 0) is 0 Å². The number of nitrogens with zero attached hydrogens (tertiary/aromatic N) is 2. The third-order valence-electron chi connectivity index (χ3n) is 6.29. The Morgan fingerprint density at radius 2 is 1.83 bits per heavy atom. The first-order valence-corrected chi connectivity index (χ1v) is 9.92. The number of hydrogen-bond acceptors (Lipinski definition) is 2. The van der Waals surface area contributed by atoms with Gasteiger partial charge < -0.3 is 15.5 Å². The lowest BCUT2D eigenvalue weighted by Crippen LogP contribution is -2.50. The van der Waals surface area contributed by atoms with E-state index in [0.29, 0.717) is 17.5 Å². The molecule has 3 fully saturated rings. The molecule has 5 heteroatoms. The summed E-state index contributed by atoms with van der Waals surface area (Å²) in [5, 5.41) is 7.18. The number of guanidine groups is 1. The van der Waals surface area contributed by atoms with Gasteiger partial charge in [-0.05, 0) is 70.6 Å². The van der Waals surface area contributed by atoms with Crippen LogP contribution in [0.5, 0.6) is 0 Å². The average molecular weight is 448 g/mol. The molecular weight excluding hydrogens is 411 g/mol. The lowest BCUT2D eigenvalue weighted by molar-refractivity contribution is 0.113. The molecule has 1 aliphatic heterocycles. The van der Waals surface area contributed by atoms with Crippen molar-refractivity contribution in [3.05, 3.63) is 0 Å². The summed E-state index contributed by atoms with van der Waals surface area (Å²) in [5.74, 6) is 2.04. The number of hydrogen-bond donors (Lipinski definition) is 2. The summed E-state index contributed by atoms with van der Waals surface area (Å²) in [6.07, 6.45) is 9.61. The Balaban J connectivity index is 0.00000208. The second-order valence-corrected chi connectivity index (χ2v) is 8.23. The van der Waals surface area contributed by atoms with Gasteiger partial charge >= 0.3 is 0 Å². The monoisotopic (exact) mass is 448 g/mol. The van der Waals surface area contributed by atoms with Gasteiger partial charge in [0, 0.05) is 38.3 Å². The highest BCUT2D eigenvalue weighted by molar-refractivity contribution is 14.0. The lowest BCUT2D eigenvalue weighted by Gasteiger charge is -2.41. The molecule has 140 valence electrons. The third kappa shape index (κ3) is 4.99. The van der Waals surface area contributed by atoms with E-state index in [1.54, 1.807) is 0 Å². The summed E-state index contributed by atoms with van der Waals surface area (Å²) < 4.78 is 0. The van der Waals surface area contributed by atoms with Crippen LogP contribution >= 0.6 is 24.0 Å². The Bertz CT molecular complexity index is 408. The maximum atomic E-state index is 5.00. The summed E-state index contributed by atoms with van der Waals surface area (Å²) >= 11 is 0. The predicted molar refractivity (Wildman–Crippen MR) is 113 cm³/mol. The van der Waals surface area contributed by atoms with Gasteiger partial charge in [0.2, 0.25) is 0 Å². The van der Waals surface area contributed by atoms with Gasteiger partial charge in [0.05, 0.1) is 0 Å². The number of halogens is 1. The molecule has 2 aliphatic carbocycles. The van der Waals surface area contributed by atoms with Gasteiger partial charge in [0.15, 0.2) is 5.96 Å². The van der Waals surface area contributed by atoms with Crippen molar-refractivity contribution in [3.8, 4) is 0 Å². The normalized spacial score (nSPS) is 25.1. The van der Waals surface area contributed by atoms with E-state index < -0.39 is 0 Å². The fourth-order valence-corrected chi connectivity index (χ4v) is 4.33. The van der Waals surface area contributed by atoms with Gasteiger partial charge in [-0.2, -0.15) is 0 Å². The Morgan fingerprint density at radius 3 is 2.29 bits per heavy atom. The fourth-order valence-electron chi connectivity index (χ4n) is 4.33. The highest BCUT2D eigenvalue weighted by Gasteiger charge is 2.48. The first kappa shape index (κ1) is 20.3. The molecule has 2 N–H and O–H groups in total. The molecule has 0 amide bonds. The lowest BCUT2D eigenvalue weighted by atomic mass is 9.65. The van der Waals surface area contributed by atoms with E-state index in [-0.39, 0.29) is 24.0 Å². The Kier molecular flexibility index (Phi) is 7.65. The van der Waals surface area contributed by atoms with Gasteiger partial charge in [0.25, 0.3) is 0 Å². The number of rotatable bonds is 6. The van der Waals surface area contributed by atoms with Crippen LogP contribution in [0, 0.1) is 11.3 Å². The highest BCUT2D eigenvalue weighted by atomic mass is 127. The second-order valence-electron chi connectivity index (χ2n) is 8.23. The first-order valence-electron chi connectivity index (χ1n) is 9.92. The van der Waals surface area contributed by atoms with Crippen LogP contribution in [0.1, 0.15) is 65.7 Å². The standard InChI is InChI=1S/C19H36N4.HI/c1-4-20-18(21-14-19(10-5-11-19)16-6-7-16)22-17-8-12-23(13-9-17)15(2)3;/h15-17H,4-14H2,1-3H3,(H2,20,21,22);1H. The predicted octanol–water partition coefficient (Wildman–Crippen LogP) is 3.61. The van der Waals surface area contributed by atoms with Crippen LogP contribution in [0.25, 0.3) is 0 Å². The van der Waals surface area contributed by atoms with E-state index in [2.05, 4.69) is 36.3 Å². The number of aliphatic imine (C=N–C) groups is 1. The van der Waals surface area contributed by atoms with Crippen LogP contribution in [0.15, 0.2) is 4.99 Å². The molecule has 0 aromatic rings. The highest BCUT2D eigenvalue weighted by Crippen LogP contribution is 2.57. The summed E-state index contributed by atoms with van der Waals surface area (Å²) in [7, 11) is 0. The molecule has 1 heterocycles. The molecule has 0 bridgehead atoms. The van der Waals surface area contributed by atoms with Crippen LogP contribution in [0.4, 0.5) is 0 Å². The smallest absolute Gasteiger partial charge is 0.191 e. The molecular formula is C19H37IN4. The first-order chi connectivity index (χ1) is 11.1. The number of nitrogens with one attached hydrogen (secondary N) is 2. The molecule has 4 nitrogen and oxygen atoms in total. The maximum absolute atomic E-state index is 5.00. The molecule has 0 radical (unpaired) electrons. The van der Waals surface area contributed by atoms with Crippen molar-refractivity contribution in [2.75, 3.05) is 26.2 Å². The zero-order valence-electron chi connectivity index (χ0n) is 15.8. The Morgan fingerprint density at radius 1 is 1.17 bits per heavy atom. The molecule has 2 saturated carbocycles. The number of likely N-dealkylation sites (tertiary alicyclic amines) is 1. The summed E-state index contributed by atoms with van der Waals surface area (Å²) in [4.78, 5) is 7.58. The minimum atomic E-state index is 0. The fraction of sp³-hybridized carbons (Fsp3) is 0.947.